The molecule has 1 aromatic carbocycles. The first-order valence-corrected chi connectivity index (χ1v) is 9.47. The van der Waals surface area contributed by atoms with Crippen LogP contribution >= 0.6 is 0 Å². The second-order valence-corrected chi connectivity index (χ2v) is 8.45. The predicted molar refractivity (Wildman–Crippen MR) is 92.1 cm³/mol. The average molecular weight is 355 g/mol. The molecule has 134 valence electrons. The molecule has 2 atom stereocenters. The Balaban J connectivity index is 1.87. The minimum atomic E-state index is -3.33. The van der Waals surface area contributed by atoms with Crippen molar-refractivity contribution in [2.24, 2.45) is 5.92 Å². The number of urea groups is 1. The smallest absolute Gasteiger partial charge is 0.315 e. The molecule has 1 fully saturated rings. The molecule has 0 bridgehead atoms. The van der Waals surface area contributed by atoms with Crippen LogP contribution in [0.2, 0.25) is 0 Å². The summed E-state index contributed by atoms with van der Waals surface area (Å²) < 4.78 is 30.6. The van der Waals surface area contributed by atoms with Crippen molar-refractivity contribution in [3.63, 3.8) is 0 Å². The van der Waals surface area contributed by atoms with Gasteiger partial charge in [0.25, 0.3) is 0 Å². The lowest BCUT2D eigenvalue weighted by Gasteiger charge is -2.21. The fourth-order valence-electron chi connectivity index (χ4n) is 2.55. The van der Waals surface area contributed by atoms with Gasteiger partial charge in [-0.15, -0.1) is 0 Å². The Morgan fingerprint density at radius 2 is 2.00 bits per heavy atom. The van der Waals surface area contributed by atoms with Crippen molar-refractivity contribution in [1.82, 2.24) is 14.9 Å². The highest BCUT2D eigenvalue weighted by atomic mass is 32.2. The number of benzene rings is 1. The van der Waals surface area contributed by atoms with Crippen LogP contribution < -0.4 is 10.6 Å². The standard InChI is InChI=1S/C16H25N3O4S/c1-12-6-4-5-7-13(12)8-17-16(20)18-15-10-23-9-14(15)11-24(21,22)19(2)3/h4-7,14-15H,8-11H2,1-3H3,(H2,17,18,20)/t14-,15-/m0/s1. The number of rotatable bonds is 6. The van der Waals surface area contributed by atoms with Crippen LogP contribution in [0.4, 0.5) is 4.79 Å². The van der Waals surface area contributed by atoms with Gasteiger partial charge in [-0.05, 0) is 18.1 Å². The minimum Gasteiger partial charge on any atom is -0.379 e. The van der Waals surface area contributed by atoms with E-state index in [0.717, 1.165) is 11.1 Å². The van der Waals surface area contributed by atoms with Crippen molar-refractivity contribution in [3.05, 3.63) is 35.4 Å². The number of sulfonamides is 1. The van der Waals surface area contributed by atoms with Crippen molar-refractivity contribution >= 4 is 16.1 Å². The van der Waals surface area contributed by atoms with Gasteiger partial charge in [0.2, 0.25) is 10.0 Å². The fourth-order valence-corrected chi connectivity index (χ4v) is 3.71. The molecule has 1 aliphatic rings. The third-order valence-electron chi connectivity index (χ3n) is 4.20. The van der Waals surface area contributed by atoms with Crippen molar-refractivity contribution in [2.45, 2.75) is 19.5 Å². The predicted octanol–water partition coefficient (Wildman–Crippen LogP) is 0.701. The zero-order chi connectivity index (χ0) is 17.7. The van der Waals surface area contributed by atoms with E-state index in [1.54, 1.807) is 0 Å². The SMILES string of the molecule is Cc1ccccc1CNC(=O)N[C@H]1COC[C@H]1CS(=O)(=O)N(C)C. The van der Waals surface area contributed by atoms with E-state index in [4.69, 9.17) is 4.74 Å². The van der Waals surface area contributed by atoms with Crippen molar-refractivity contribution in [3.8, 4) is 0 Å². The molecule has 0 saturated carbocycles. The summed E-state index contributed by atoms with van der Waals surface area (Å²) in [5, 5.41) is 5.63. The zero-order valence-corrected chi connectivity index (χ0v) is 15.1. The summed E-state index contributed by atoms with van der Waals surface area (Å²) in [6.45, 7) is 3.07. The third-order valence-corrected chi connectivity index (χ3v) is 6.16. The van der Waals surface area contributed by atoms with Crippen molar-refractivity contribution < 1.29 is 17.9 Å². The Morgan fingerprint density at radius 3 is 2.67 bits per heavy atom. The minimum absolute atomic E-state index is 0.0389. The van der Waals surface area contributed by atoms with E-state index in [9.17, 15) is 13.2 Å². The van der Waals surface area contributed by atoms with Gasteiger partial charge in [-0.25, -0.2) is 17.5 Å². The molecule has 2 amide bonds. The maximum absolute atomic E-state index is 12.1. The molecule has 1 saturated heterocycles. The van der Waals surface area contributed by atoms with Crippen molar-refractivity contribution in [1.29, 1.82) is 0 Å². The van der Waals surface area contributed by atoms with Crippen LogP contribution in [0, 0.1) is 12.8 Å². The summed E-state index contributed by atoms with van der Waals surface area (Å²) >= 11 is 0. The highest BCUT2D eigenvalue weighted by Gasteiger charge is 2.34. The summed E-state index contributed by atoms with van der Waals surface area (Å²) in [5.41, 5.74) is 2.15. The number of nitrogens with zero attached hydrogens (tertiary/aromatic N) is 1. The van der Waals surface area contributed by atoms with E-state index >= 15 is 0 Å². The zero-order valence-electron chi connectivity index (χ0n) is 14.3. The molecule has 0 aliphatic carbocycles. The van der Waals surface area contributed by atoms with Gasteiger partial charge < -0.3 is 15.4 Å². The first kappa shape index (κ1) is 18.7. The number of hydrogen-bond acceptors (Lipinski definition) is 4. The summed E-state index contributed by atoms with van der Waals surface area (Å²) in [4.78, 5) is 12.1. The number of nitrogens with one attached hydrogen (secondary N) is 2. The Kier molecular flexibility index (Phi) is 6.20. The van der Waals surface area contributed by atoms with Gasteiger partial charge in [0.05, 0.1) is 25.0 Å². The molecule has 0 spiro atoms. The monoisotopic (exact) mass is 355 g/mol. The Labute approximate surface area is 143 Å². The Morgan fingerprint density at radius 1 is 1.29 bits per heavy atom. The molecule has 24 heavy (non-hydrogen) atoms. The van der Waals surface area contributed by atoms with Gasteiger partial charge >= 0.3 is 6.03 Å². The molecule has 8 heteroatoms. The third kappa shape index (κ3) is 4.93. The van der Waals surface area contributed by atoms with Gasteiger partial charge in [-0.3, -0.25) is 0 Å². The number of amides is 2. The maximum Gasteiger partial charge on any atom is 0.315 e. The van der Waals surface area contributed by atoms with E-state index in [0.29, 0.717) is 19.8 Å². The Hall–Kier alpha value is -1.64. The van der Waals surface area contributed by atoms with Crippen LogP contribution in [-0.2, 0) is 21.3 Å². The van der Waals surface area contributed by atoms with Crippen molar-refractivity contribution in [2.75, 3.05) is 33.1 Å². The molecule has 1 aliphatic heterocycles. The lowest BCUT2D eigenvalue weighted by molar-refractivity contribution is 0.183. The number of carbonyl (C=O) groups excluding carboxylic acids is 1. The molecule has 1 aromatic rings. The fraction of sp³-hybridized carbons (Fsp3) is 0.562. The molecule has 0 aromatic heterocycles. The summed E-state index contributed by atoms with van der Waals surface area (Å²) in [5.74, 6) is -0.287. The molecular weight excluding hydrogens is 330 g/mol. The molecule has 0 unspecified atom stereocenters. The van der Waals surface area contributed by atoms with E-state index in [-0.39, 0.29) is 23.7 Å². The average Bonchev–Trinajstić information content (AvgIpc) is 2.92. The second kappa shape index (κ2) is 7.96. The quantitative estimate of drug-likeness (QED) is 0.786. The second-order valence-electron chi connectivity index (χ2n) is 6.22. The van der Waals surface area contributed by atoms with E-state index in [1.807, 2.05) is 31.2 Å². The van der Waals surface area contributed by atoms with E-state index < -0.39 is 10.0 Å². The Bertz CT molecular complexity index is 676. The first-order valence-electron chi connectivity index (χ1n) is 7.86. The molecule has 2 N–H and O–H groups in total. The number of hydrogen-bond donors (Lipinski definition) is 2. The lowest BCUT2D eigenvalue weighted by atomic mass is 10.1. The molecule has 7 nitrogen and oxygen atoms in total. The van der Waals surface area contributed by atoms with Gasteiger partial charge in [-0.2, -0.15) is 0 Å². The van der Waals surface area contributed by atoms with Gasteiger partial charge in [-0.1, -0.05) is 24.3 Å². The topological polar surface area (TPSA) is 87.7 Å². The maximum atomic E-state index is 12.1. The number of aryl methyl sites for hydroxylation is 1. The highest BCUT2D eigenvalue weighted by molar-refractivity contribution is 7.89. The summed E-state index contributed by atoms with van der Waals surface area (Å²) in [7, 11) is -0.325. The molecule has 1 heterocycles. The van der Waals surface area contributed by atoms with Crippen LogP contribution in [0.15, 0.2) is 24.3 Å². The van der Waals surface area contributed by atoms with Crippen LogP contribution in [0.25, 0.3) is 0 Å². The van der Waals surface area contributed by atoms with E-state index in [2.05, 4.69) is 10.6 Å². The highest BCUT2D eigenvalue weighted by Crippen LogP contribution is 2.17. The van der Waals surface area contributed by atoms with Gasteiger partial charge in [0, 0.05) is 26.6 Å². The van der Waals surface area contributed by atoms with E-state index in [1.165, 1.54) is 18.4 Å². The first-order chi connectivity index (χ1) is 11.3. The van der Waals surface area contributed by atoms with Crippen LogP contribution in [0.5, 0.6) is 0 Å². The molecular formula is C16H25N3O4S. The van der Waals surface area contributed by atoms with Crippen LogP contribution in [-0.4, -0.2) is 57.9 Å². The summed E-state index contributed by atoms with van der Waals surface area (Å²) in [6, 6.07) is 7.19. The molecule has 0 radical (unpaired) electrons. The van der Waals surface area contributed by atoms with Crippen LogP contribution in [0.1, 0.15) is 11.1 Å². The number of ether oxygens (including phenoxy) is 1. The summed E-state index contributed by atoms with van der Waals surface area (Å²) in [6.07, 6.45) is 0. The number of carbonyl (C=O) groups is 1. The lowest BCUT2D eigenvalue weighted by Crippen LogP contribution is -2.47. The van der Waals surface area contributed by atoms with Gasteiger partial charge in [0.15, 0.2) is 0 Å². The largest absolute Gasteiger partial charge is 0.379 e. The molecule has 2 rings (SSSR count). The normalized spacial score (nSPS) is 21.0. The van der Waals surface area contributed by atoms with Crippen LogP contribution in [0.3, 0.4) is 0 Å². The van der Waals surface area contributed by atoms with Gasteiger partial charge in [0.1, 0.15) is 0 Å².